The SMILES string of the molecule is CNCC1(CC2CCC(F)(F)C2)CCOCC1. The highest BCUT2D eigenvalue weighted by atomic mass is 19.3. The van der Waals surface area contributed by atoms with Crippen LogP contribution in [0.25, 0.3) is 0 Å². The van der Waals surface area contributed by atoms with Gasteiger partial charge in [-0.15, -0.1) is 0 Å². The molecule has 100 valence electrons. The summed E-state index contributed by atoms with van der Waals surface area (Å²) in [4.78, 5) is 0. The fourth-order valence-electron chi connectivity index (χ4n) is 3.46. The van der Waals surface area contributed by atoms with Crippen LogP contribution in [0.5, 0.6) is 0 Å². The zero-order chi connectivity index (χ0) is 12.4. The van der Waals surface area contributed by atoms with Crippen LogP contribution in [0.4, 0.5) is 8.78 Å². The Morgan fingerprint density at radius 1 is 1.24 bits per heavy atom. The summed E-state index contributed by atoms with van der Waals surface area (Å²) >= 11 is 0. The lowest BCUT2D eigenvalue weighted by atomic mass is 9.73. The van der Waals surface area contributed by atoms with Gasteiger partial charge in [0.2, 0.25) is 5.92 Å². The van der Waals surface area contributed by atoms with Crippen molar-refractivity contribution in [3.8, 4) is 0 Å². The van der Waals surface area contributed by atoms with Gasteiger partial charge in [-0.3, -0.25) is 0 Å². The van der Waals surface area contributed by atoms with Gasteiger partial charge in [0.1, 0.15) is 0 Å². The van der Waals surface area contributed by atoms with Gasteiger partial charge in [0.05, 0.1) is 0 Å². The third-order valence-electron chi connectivity index (χ3n) is 4.33. The smallest absolute Gasteiger partial charge is 0.248 e. The van der Waals surface area contributed by atoms with Crippen LogP contribution in [0.2, 0.25) is 0 Å². The maximum absolute atomic E-state index is 13.2. The fraction of sp³-hybridized carbons (Fsp3) is 1.00. The first-order valence-corrected chi connectivity index (χ1v) is 6.65. The summed E-state index contributed by atoms with van der Waals surface area (Å²) in [7, 11) is 1.94. The molecule has 2 nitrogen and oxygen atoms in total. The van der Waals surface area contributed by atoms with E-state index >= 15 is 0 Å². The maximum Gasteiger partial charge on any atom is 0.248 e. The highest BCUT2D eigenvalue weighted by Crippen LogP contribution is 2.46. The average molecular weight is 247 g/mol. The molecule has 0 bridgehead atoms. The van der Waals surface area contributed by atoms with Crippen molar-refractivity contribution < 1.29 is 13.5 Å². The van der Waals surface area contributed by atoms with Gasteiger partial charge >= 0.3 is 0 Å². The molecule has 0 radical (unpaired) electrons. The summed E-state index contributed by atoms with van der Waals surface area (Å²) in [6, 6.07) is 0. The molecule has 1 N–H and O–H groups in total. The molecule has 17 heavy (non-hydrogen) atoms. The van der Waals surface area contributed by atoms with Crippen molar-refractivity contribution in [2.75, 3.05) is 26.8 Å². The third-order valence-corrected chi connectivity index (χ3v) is 4.33. The van der Waals surface area contributed by atoms with Gasteiger partial charge in [-0.1, -0.05) is 0 Å². The van der Waals surface area contributed by atoms with Crippen molar-refractivity contribution in [3.63, 3.8) is 0 Å². The van der Waals surface area contributed by atoms with E-state index in [0.717, 1.165) is 39.0 Å². The van der Waals surface area contributed by atoms with Crippen LogP contribution >= 0.6 is 0 Å². The number of hydrogen-bond donors (Lipinski definition) is 1. The Hall–Kier alpha value is -0.220. The molecule has 4 heteroatoms. The molecule has 0 aromatic heterocycles. The molecule has 0 aromatic rings. The molecule has 1 saturated carbocycles. The maximum atomic E-state index is 13.2. The van der Waals surface area contributed by atoms with Gasteiger partial charge in [-0.2, -0.15) is 0 Å². The van der Waals surface area contributed by atoms with E-state index in [1.54, 1.807) is 0 Å². The third kappa shape index (κ3) is 3.38. The van der Waals surface area contributed by atoms with Gasteiger partial charge in [0, 0.05) is 32.6 Å². The summed E-state index contributed by atoms with van der Waals surface area (Å²) in [5.41, 5.74) is 0.193. The van der Waals surface area contributed by atoms with Crippen LogP contribution in [-0.2, 0) is 4.74 Å². The molecule has 2 aliphatic rings. The van der Waals surface area contributed by atoms with Gasteiger partial charge in [-0.05, 0) is 44.1 Å². The number of nitrogens with one attached hydrogen (secondary N) is 1. The summed E-state index contributed by atoms with van der Waals surface area (Å²) in [6.07, 6.45) is 3.83. The Morgan fingerprint density at radius 2 is 1.94 bits per heavy atom. The van der Waals surface area contributed by atoms with Crippen molar-refractivity contribution in [2.45, 2.75) is 44.4 Å². The second-order valence-corrected chi connectivity index (χ2v) is 5.81. The Kier molecular flexibility index (Phi) is 4.03. The predicted octanol–water partition coefficient (Wildman–Crippen LogP) is 2.83. The Morgan fingerprint density at radius 3 is 2.47 bits per heavy atom. The van der Waals surface area contributed by atoms with Crippen molar-refractivity contribution in [2.24, 2.45) is 11.3 Å². The largest absolute Gasteiger partial charge is 0.381 e. The Balaban J connectivity index is 1.93. The highest BCUT2D eigenvalue weighted by molar-refractivity contribution is 4.90. The standard InChI is InChI=1S/C13H23F2NO/c1-16-10-12(4-6-17-7-5-12)8-11-2-3-13(14,15)9-11/h11,16H,2-10H2,1H3. The van der Waals surface area contributed by atoms with Gasteiger partial charge in [0.25, 0.3) is 0 Å². The number of alkyl halides is 2. The fourth-order valence-corrected chi connectivity index (χ4v) is 3.46. The molecule has 2 fully saturated rings. The van der Waals surface area contributed by atoms with Crippen LogP contribution in [0.15, 0.2) is 0 Å². The quantitative estimate of drug-likeness (QED) is 0.825. The summed E-state index contributed by atoms with van der Waals surface area (Å²) in [5, 5.41) is 3.23. The predicted molar refractivity (Wildman–Crippen MR) is 63.3 cm³/mol. The van der Waals surface area contributed by atoms with E-state index in [0.29, 0.717) is 6.42 Å². The molecule has 1 atom stereocenters. The molecule has 2 rings (SSSR count). The van der Waals surface area contributed by atoms with E-state index in [2.05, 4.69) is 5.32 Å². The van der Waals surface area contributed by atoms with Crippen molar-refractivity contribution >= 4 is 0 Å². The van der Waals surface area contributed by atoms with Crippen LogP contribution in [-0.4, -0.2) is 32.7 Å². The zero-order valence-electron chi connectivity index (χ0n) is 10.6. The van der Waals surface area contributed by atoms with Gasteiger partial charge in [-0.25, -0.2) is 8.78 Å². The van der Waals surface area contributed by atoms with E-state index < -0.39 is 5.92 Å². The van der Waals surface area contributed by atoms with E-state index in [-0.39, 0.29) is 24.2 Å². The average Bonchev–Trinajstić information content (AvgIpc) is 2.59. The van der Waals surface area contributed by atoms with E-state index in [1.807, 2.05) is 7.05 Å². The highest BCUT2D eigenvalue weighted by Gasteiger charge is 2.43. The Labute approximate surface area is 102 Å². The minimum atomic E-state index is -2.41. The first kappa shape index (κ1) is 13.2. The lowest BCUT2D eigenvalue weighted by molar-refractivity contribution is -0.0115. The molecule has 0 aromatic carbocycles. The molecule has 1 aliphatic heterocycles. The molecule has 1 unspecified atom stereocenters. The zero-order valence-corrected chi connectivity index (χ0v) is 10.6. The molecular weight excluding hydrogens is 224 g/mol. The number of ether oxygens (including phenoxy) is 1. The van der Waals surface area contributed by atoms with Crippen LogP contribution in [0, 0.1) is 11.3 Å². The van der Waals surface area contributed by atoms with Crippen LogP contribution in [0.1, 0.15) is 38.5 Å². The normalized spacial score (nSPS) is 31.6. The number of halogens is 2. The Bertz CT molecular complexity index is 246. The second kappa shape index (κ2) is 5.19. The first-order valence-electron chi connectivity index (χ1n) is 6.65. The van der Waals surface area contributed by atoms with Crippen LogP contribution < -0.4 is 5.32 Å². The second-order valence-electron chi connectivity index (χ2n) is 5.81. The molecular formula is C13H23F2NO. The minimum Gasteiger partial charge on any atom is -0.381 e. The summed E-state index contributed by atoms with van der Waals surface area (Å²) < 4.78 is 31.8. The van der Waals surface area contributed by atoms with Crippen molar-refractivity contribution in [1.29, 1.82) is 0 Å². The molecule has 0 amide bonds. The van der Waals surface area contributed by atoms with Gasteiger partial charge in [0.15, 0.2) is 0 Å². The monoisotopic (exact) mass is 247 g/mol. The lowest BCUT2D eigenvalue weighted by Crippen LogP contribution is -2.39. The van der Waals surface area contributed by atoms with Crippen molar-refractivity contribution in [1.82, 2.24) is 5.32 Å². The van der Waals surface area contributed by atoms with Crippen molar-refractivity contribution in [3.05, 3.63) is 0 Å². The van der Waals surface area contributed by atoms with E-state index in [4.69, 9.17) is 4.74 Å². The van der Waals surface area contributed by atoms with Crippen LogP contribution in [0.3, 0.4) is 0 Å². The first-order chi connectivity index (χ1) is 8.05. The molecule has 1 aliphatic carbocycles. The van der Waals surface area contributed by atoms with E-state index in [1.165, 1.54) is 0 Å². The summed E-state index contributed by atoms with van der Waals surface area (Å²) in [5.74, 6) is -2.20. The molecule has 1 heterocycles. The summed E-state index contributed by atoms with van der Waals surface area (Å²) in [6.45, 7) is 2.49. The van der Waals surface area contributed by atoms with E-state index in [9.17, 15) is 8.78 Å². The van der Waals surface area contributed by atoms with Gasteiger partial charge < -0.3 is 10.1 Å². The minimum absolute atomic E-state index is 0.0871. The lowest BCUT2D eigenvalue weighted by Gasteiger charge is -2.39. The molecule has 1 saturated heterocycles. The number of hydrogen-bond acceptors (Lipinski definition) is 2. The molecule has 0 spiro atoms. The number of rotatable bonds is 4. The topological polar surface area (TPSA) is 21.3 Å².